The Morgan fingerprint density at radius 3 is 2.46 bits per heavy atom. The quantitative estimate of drug-likeness (QED) is 0.367. The number of hydrogen-bond donors (Lipinski definition) is 1. The summed E-state index contributed by atoms with van der Waals surface area (Å²) in [5.41, 5.74) is 0.904. The van der Waals surface area contributed by atoms with E-state index in [9.17, 15) is 17.2 Å². The van der Waals surface area contributed by atoms with Crippen LogP contribution in [0.25, 0.3) is 0 Å². The molecular weight excluding hydrogens is 368 g/mol. The van der Waals surface area contributed by atoms with Crippen molar-refractivity contribution in [2.75, 3.05) is 45.9 Å². The average Bonchev–Trinajstić information content (AvgIpc) is 2.54. The first-order valence-corrected chi connectivity index (χ1v) is 9.98. The standard InChI is InChI=1S/C16H25F2N3O4S/c1-19-16(20-8-9-24-10-11-26(3,22)23)21(2)12-13-4-6-14(7-5-13)25-15(17)18/h4-7,15H,8-12H2,1-3H3,(H,19,20). The topological polar surface area (TPSA) is 80.2 Å². The van der Waals surface area contributed by atoms with Gasteiger partial charge < -0.3 is 19.7 Å². The zero-order valence-corrected chi connectivity index (χ0v) is 15.9. The van der Waals surface area contributed by atoms with E-state index >= 15 is 0 Å². The van der Waals surface area contributed by atoms with Gasteiger partial charge in [-0.15, -0.1) is 0 Å². The van der Waals surface area contributed by atoms with Crippen molar-refractivity contribution in [2.45, 2.75) is 13.2 Å². The molecule has 7 nitrogen and oxygen atoms in total. The minimum absolute atomic E-state index is 0.00705. The van der Waals surface area contributed by atoms with E-state index in [1.165, 1.54) is 12.1 Å². The molecule has 10 heteroatoms. The maximum Gasteiger partial charge on any atom is 0.387 e. The maximum atomic E-state index is 12.1. The minimum atomic E-state index is -3.02. The molecule has 1 N–H and O–H groups in total. The van der Waals surface area contributed by atoms with Gasteiger partial charge in [0.2, 0.25) is 0 Å². The van der Waals surface area contributed by atoms with Crippen LogP contribution in [0.4, 0.5) is 8.78 Å². The van der Waals surface area contributed by atoms with Crippen LogP contribution in [0.3, 0.4) is 0 Å². The fourth-order valence-corrected chi connectivity index (χ4v) is 2.48. The molecule has 0 fully saturated rings. The van der Waals surface area contributed by atoms with Gasteiger partial charge in [-0.2, -0.15) is 8.78 Å². The Morgan fingerprint density at radius 2 is 1.92 bits per heavy atom. The van der Waals surface area contributed by atoms with E-state index in [-0.39, 0.29) is 18.1 Å². The lowest BCUT2D eigenvalue weighted by atomic mass is 10.2. The van der Waals surface area contributed by atoms with Crippen LogP contribution in [0, 0.1) is 0 Å². The maximum absolute atomic E-state index is 12.1. The molecule has 0 spiro atoms. The van der Waals surface area contributed by atoms with E-state index in [1.54, 1.807) is 19.2 Å². The number of ether oxygens (including phenoxy) is 2. The molecule has 0 heterocycles. The number of rotatable bonds is 10. The lowest BCUT2D eigenvalue weighted by Crippen LogP contribution is -2.40. The van der Waals surface area contributed by atoms with Gasteiger partial charge >= 0.3 is 6.61 Å². The van der Waals surface area contributed by atoms with Gasteiger partial charge in [0.25, 0.3) is 0 Å². The van der Waals surface area contributed by atoms with Gasteiger partial charge in [-0.05, 0) is 17.7 Å². The van der Waals surface area contributed by atoms with Crippen LogP contribution in [0.1, 0.15) is 5.56 Å². The van der Waals surface area contributed by atoms with Crippen LogP contribution in [-0.4, -0.2) is 71.8 Å². The van der Waals surface area contributed by atoms with Crippen molar-refractivity contribution in [1.29, 1.82) is 0 Å². The number of sulfone groups is 1. The van der Waals surface area contributed by atoms with Crippen LogP contribution < -0.4 is 10.1 Å². The van der Waals surface area contributed by atoms with Crippen LogP contribution in [-0.2, 0) is 21.1 Å². The number of guanidine groups is 1. The molecule has 1 aromatic carbocycles. The summed E-state index contributed by atoms with van der Waals surface area (Å²) >= 11 is 0. The molecule has 1 rings (SSSR count). The molecule has 26 heavy (non-hydrogen) atoms. The third-order valence-corrected chi connectivity index (χ3v) is 4.18. The summed E-state index contributed by atoms with van der Waals surface area (Å²) in [6.45, 7) is -1.35. The average molecular weight is 393 g/mol. The molecule has 0 radical (unpaired) electrons. The summed E-state index contributed by atoms with van der Waals surface area (Å²) in [4.78, 5) is 6.01. The molecule has 1 aromatic rings. The van der Waals surface area contributed by atoms with Crippen molar-refractivity contribution in [3.05, 3.63) is 29.8 Å². The van der Waals surface area contributed by atoms with Crippen molar-refractivity contribution >= 4 is 15.8 Å². The Morgan fingerprint density at radius 1 is 1.27 bits per heavy atom. The van der Waals surface area contributed by atoms with Crippen LogP contribution in [0.5, 0.6) is 5.75 Å². The highest BCUT2D eigenvalue weighted by molar-refractivity contribution is 7.90. The fourth-order valence-electron chi connectivity index (χ4n) is 2.06. The molecule has 148 valence electrons. The molecule has 0 unspecified atom stereocenters. The highest BCUT2D eigenvalue weighted by Crippen LogP contribution is 2.15. The van der Waals surface area contributed by atoms with Crippen LogP contribution in [0.15, 0.2) is 29.3 Å². The summed E-state index contributed by atoms with van der Waals surface area (Å²) in [6.07, 6.45) is 1.16. The van der Waals surface area contributed by atoms with Crippen molar-refractivity contribution in [3.8, 4) is 5.75 Å². The molecule has 0 aliphatic rings. The summed E-state index contributed by atoms with van der Waals surface area (Å²) in [5.74, 6) is 0.733. The van der Waals surface area contributed by atoms with E-state index in [1.807, 2.05) is 11.9 Å². The molecule has 0 amide bonds. The smallest absolute Gasteiger partial charge is 0.387 e. The molecule has 0 aromatic heterocycles. The second kappa shape index (κ2) is 10.9. The number of nitrogens with zero attached hydrogens (tertiary/aromatic N) is 2. The monoisotopic (exact) mass is 393 g/mol. The molecule has 0 aliphatic heterocycles. The minimum Gasteiger partial charge on any atom is -0.435 e. The van der Waals surface area contributed by atoms with Crippen LogP contribution >= 0.6 is 0 Å². The Bertz CT molecular complexity index is 667. The Kier molecular flexibility index (Phi) is 9.28. The highest BCUT2D eigenvalue weighted by atomic mass is 32.2. The Hall–Kier alpha value is -1.94. The first kappa shape index (κ1) is 22.1. The van der Waals surface area contributed by atoms with E-state index in [0.717, 1.165) is 11.8 Å². The third-order valence-electron chi connectivity index (χ3n) is 3.27. The van der Waals surface area contributed by atoms with Gasteiger partial charge in [-0.25, -0.2) is 8.42 Å². The first-order valence-electron chi connectivity index (χ1n) is 7.92. The lowest BCUT2D eigenvalue weighted by molar-refractivity contribution is -0.0498. The Labute approximate surface area is 152 Å². The number of nitrogens with one attached hydrogen (secondary N) is 1. The van der Waals surface area contributed by atoms with Gasteiger partial charge in [0.1, 0.15) is 15.6 Å². The van der Waals surface area contributed by atoms with E-state index in [2.05, 4.69) is 15.0 Å². The van der Waals surface area contributed by atoms with Gasteiger partial charge in [-0.3, -0.25) is 4.99 Å². The van der Waals surface area contributed by atoms with Gasteiger partial charge in [0.05, 0.1) is 19.0 Å². The predicted octanol–water partition coefficient (Wildman–Crippen LogP) is 1.36. The second-order valence-corrected chi connectivity index (χ2v) is 7.85. The van der Waals surface area contributed by atoms with E-state index in [0.29, 0.717) is 25.7 Å². The number of alkyl halides is 2. The molecule has 0 saturated heterocycles. The van der Waals surface area contributed by atoms with E-state index in [4.69, 9.17) is 4.74 Å². The molecule has 0 saturated carbocycles. The van der Waals surface area contributed by atoms with E-state index < -0.39 is 16.4 Å². The molecular formula is C16H25F2N3O4S. The van der Waals surface area contributed by atoms with Crippen LogP contribution in [0.2, 0.25) is 0 Å². The summed E-state index contributed by atoms with van der Waals surface area (Å²) in [6, 6.07) is 6.38. The SMILES string of the molecule is CN=C(NCCOCCS(C)(=O)=O)N(C)Cc1ccc(OC(F)F)cc1. The van der Waals surface area contributed by atoms with Crippen molar-refractivity contribution in [1.82, 2.24) is 10.2 Å². The highest BCUT2D eigenvalue weighted by Gasteiger charge is 2.08. The largest absolute Gasteiger partial charge is 0.435 e. The number of benzene rings is 1. The summed E-state index contributed by atoms with van der Waals surface area (Å²) in [5, 5.41) is 3.10. The van der Waals surface area contributed by atoms with Gasteiger partial charge in [0, 0.05) is 33.4 Å². The first-order chi connectivity index (χ1) is 12.2. The normalized spacial score (nSPS) is 12.3. The lowest BCUT2D eigenvalue weighted by Gasteiger charge is -2.22. The van der Waals surface area contributed by atoms with Gasteiger partial charge in [-0.1, -0.05) is 12.1 Å². The van der Waals surface area contributed by atoms with Crippen molar-refractivity contribution in [3.63, 3.8) is 0 Å². The number of halogens is 2. The fraction of sp³-hybridized carbons (Fsp3) is 0.562. The number of aliphatic imine (C=N–C) groups is 1. The molecule has 0 aliphatic carbocycles. The summed E-state index contributed by atoms with van der Waals surface area (Å²) < 4.78 is 55.8. The molecule has 0 atom stereocenters. The van der Waals surface area contributed by atoms with Crippen molar-refractivity contribution < 1.29 is 26.7 Å². The third kappa shape index (κ3) is 9.52. The zero-order valence-electron chi connectivity index (χ0n) is 15.1. The van der Waals surface area contributed by atoms with Gasteiger partial charge in [0.15, 0.2) is 5.96 Å². The predicted molar refractivity (Wildman–Crippen MR) is 96.4 cm³/mol. The number of hydrogen-bond acceptors (Lipinski definition) is 5. The summed E-state index contributed by atoms with van der Waals surface area (Å²) in [7, 11) is 0.460. The zero-order chi connectivity index (χ0) is 19.6. The van der Waals surface area contributed by atoms with Crippen molar-refractivity contribution in [2.24, 2.45) is 4.99 Å². The second-order valence-electron chi connectivity index (χ2n) is 5.59. The Balaban J connectivity index is 2.38. The molecule has 0 bridgehead atoms.